The number of carbonyl (C=O) groups excluding carboxylic acids is 1. The van der Waals surface area contributed by atoms with Crippen LogP contribution in [0.2, 0.25) is 0 Å². The van der Waals surface area contributed by atoms with Crippen molar-refractivity contribution in [1.29, 1.82) is 0 Å². The average molecular weight is 242 g/mol. The van der Waals surface area contributed by atoms with Crippen molar-refractivity contribution in [3.63, 3.8) is 0 Å². The maximum Gasteiger partial charge on any atom is 0.335 e. The fraction of sp³-hybridized carbons (Fsp3) is 0.769. The van der Waals surface area contributed by atoms with Crippen molar-refractivity contribution in [2.45, 2.75) is 64.1 Å². The number of rotatable bonds is 5. The van der Waals surface area contributed by atoms with Gasteiger partial charge in [0.1, 0.15) is 6.10 Å². The second-order valence-corrected chi connectivity index (χ2v) is 4.52. The molecular weight excluding hydrogens is 220 g/mol. The van der Waals surface area contributed by atoms with Gasteiger partial charge in [0.2, 0.25) is 0 Å². The number of allylic oxidation sites excluding steroid dienone is 1. The SMILES string of the molecule is CC/C=C(\O)CC(O)C(=O)OC1CCCCC1. The molecule has 98 valence electrons. The number of esters is 1. The largest absolute Gasteiger partial charge is 0.513 e. The summed E-state index contributed by atoms with van der Waals surface area (Å²) >= 11 is 0. The fourth-order valence-corrected chi connectivity index (χ4v) is 2.03. The first-order chi connectivity index (χ1) is 8.13. The highest BCUT2D eigenvalue weighted by Gasteiger charge is 2.23. The van der Waals surface area contributed by atoms with Crippen LogP contribution >= 0.6 is 0 Å². The molecule has 0 aromatic rings. The lowest BCUT2D eigenvalue weighted by Crippen LogP contribution is -2.29. The van der Waals surface area contributed by atoms with E-state index >= 15 is 0 Å². The van der Waals surface area contributed by atoms with Crippen molar-refractivity contribution in [3.05, 3.63) is 11.8 Å². The lowest BCUT2D eigenvalue weighted by molar-refractivity contribution is -0.160. The second kappa shape index (κ2) is 7.33. The van der Waals surface area contributed by atoms with E-state index in [9.17, 15) is 15.0 Å². The van der Waals surface area contributed by atoms with Gasteiger partial charge in [-0.3, -0.25) is 0 Å². The van der Waals surface area contributed by atoms with Gasteiger partial charge in [-0.25, -0.2) is 4.79 Å². The molecule has 0 aromatic carbocycles. The van der Waals surface area contributed by atoms with Gasteiger partial charge in [0.15, 0.2) is 6.10 Å². The van der Waals surface area contributed by atoms with Crippen LogP contribution in [0.1, 0.15) is 51.9 Å². The highest BCUT2D eigenvalue weighted by Crippen LogP contribution is 2.21. The summed E-state index contributed by atoms with van der Waals surface area (Å²) in [7, 11) is 0. The van der Waals surface area contributed by atoms with Crippen LogP contribution < -0.4 is 0 Å². The lowest BCUT2D eigenvalue weighted by atomic mass is 9.98. The normalized spacial score (nSPS) is 20.0. The number of hydrogen-bond donors (Lipinski definition) is 2. The molecule has 1 aliphatic carbocycles. The molecule has 4 heteroatoms. The zero-order chi connectivity index (χ0) is 12.7. The molecule has 0 aromatic heterocycles. The van der Waals surface area contributed by atoms with Crippen molar-refractivity contribution in [3.8, 4) is 0 Å². The van der Waals surface area contributed by atoms with Crippen LogP contribution in [-0.4, -0.2) is 28.4 Å². The third-order valence-corrected chi connectivity index (χ3v) is 2.95. The molecule has 4 nitrogen and oxygen atoms in total. The Labute approximate surface area is 102 Å². The summed E-state index contributed by atoms with van der Waals surface area (Å²) in [5.74, 6) is -0.575. The minimum atomic E-state index is -1.25. The number of aliphatic hydroxyl groups is 2. The Morgan fingerprint density at radius 3 is 2.65 bits per heavy atom. The van der Waals surface area contributed by atoms with Crippen molar-refractivity contribution in [2.75, 3.05) is 0 Å². The molecular formula is C13H22O4. The summed E-state index contributed by atoms with van der Waals surface area (Å²) in [4.78, 5) is 11.5. The van der Waals surface area contributed by atoms with E-state index in [-0.39, 0.29) is 18.3 Å². The Morgan fingerprint density at radius 1 is 1.41 bits per heavy atom. The van der Waals surface area contributed by atoms with Gasteiger partial charge >= 0.3 is 5.97 Å². The van der Waals surface area contributed by atoms with Gasteiger partial charge in [0.25, 0.3) is 0 Å². The molecule has 1 fully saturated rings. The molecule has 1 unspecified atom stereocenters. The van der Waals surface area contributed by atoms with E-state index in [0.717, 1.165) is 25.7 Å². The Bertz CT molecular complexity index is 267. The van der Waals surface area contributed by atoms with E-state index in [2.05, 4.69) is 0 Å². The molecule has 0 radical (unpaired) electrons. The first-order valence-electron chi connectivity index (χ1n) is 6.40. The van der Waals surface area contributed by atoms with E-state index in [1.807, 2.05) is 6.92 Å². The third kappa shape index (κ3) is 5.22. The number of hydrogen-bond acceptors (Lipinski definition) is 4. The number of carbonyl (C=O) groups is 1. The molecule has 1 aliphatic rings. The van der Waals surface area contributed by atoms with E-state index in [1.165, 1.54) is 6.42 Å². The molecule has 0 heterocycles. The summed E-state index contributed by atoms with van der Waals surface area (Å²) in [5.41, 5.74) is 0. The van der Waals surface area contributed by atoms with Crippen LogP contribution in [0.5, 0.6) is 0 Å². The monoisotopic (exact) mass is 242 g/mol. The van der Waals surface area contributed by atoms with Gasteiger partial charge < -0.3 is 14.9 Å². The van der Waals surface area contributed by atoms with E-state index in [0.29, 0.717) is 6.42 Å². The molecule has 1 atom stereocenters. The first-order valence-corrected chi connectivity index (χ1v) is 6.40. The molecule has 0 spiro atoms. The van der Waals surface area contributed by atoms with Crippen molar-refractivity contribution >= 4 is 5.97 Å². The van der Waals surface area contributed by atoms with Gasteiger partial charge in [-0.15, -0.1) is 0 Å². The first kappa shape index (κ1) is 14.0. The molecule has 17 heavy (non-hydrogen) atoms. The van der Waals surface area contributed by atoms with Crippen molar-refractivity contribution in [2.24, 2.45) is 0 Å². The summed E-state index contributed by atoms with van der Waals surface area (Å²) in [5, 5.41) is 18.9. The highest BCUT2D eigenvalue weighted by atomic mass is 16.6. The molecule has 1 rings (SSSR count). The van der Waals surface area contributed by atoms with Gasteiger partial charge in [-0.05, 0) is 38.2 Å². The zero-order valence-electron chi connectivity index (χ0n) is 10.4. The van der Waals surface area contributed by atoms with Crippen LogP contribution in [0.15, 0.2) is 11.8 Å². The van der Waals surface area contributed by atoms with Gasteiger partial charge in [-0.2, -0.15) is 0 Å². The van der Waals surface area contributed by atoms with E-state index < -0.39 is 12.1 Å². The van der Waals surface area contributed by atoms with E-state index in [4.69, 9.17) is 4.74 Å². The Morgan fingerprint density at radius 2 is 2.06 bits per heavy atom. The van der Waals surface area contributed by atoms with Crippen molar-refractivity contribution < 1.29 is 19.7 Å². The quantitative estimate of drug-likeness (QED) is 0.574. The summed E-state index contributed by atoms with van der Waals surface area (Å²) < 4.78 is 5.20. The fourth-order valence-electron chi connectivity index (χ4n) is 2.03. The Kier molecular flexibility index (Phi) is 6.05. The zero-order valence-corrected chi connectivity index (χ0v) is 10.4. The Hall–Kier alpha value is -1.03. The topological polar surface area (TPSA) is 66.8 Å². The Balaban J connectivity index is 2.33. The van der Waals surface area contributed by atoms with E-state index in [1.54, 1.807) is 6.08 Å². The molecule has 0 aliphatic heterocycles. The molecule has 1 saturated carbocycles. The van der Waals surface area contributed by atoms with Gasteiger partial charge in [0, 0.05) is 6.42 Å². The van der Waals surface area contributed by atoms with Gasteiger partial charge in [-0.1, -0.05) is 13.3 Å². The maximum absolute atomic E-state index is 11.5. The minimum absolute atomic E-state index is 0.0422. The highest BCUT2D eigenvalue weighted by molar-refractivity contribution is 5.74. The predicted octanol–water partition coefficient (Wildman–Crippen LogP) is 2.47. The number of ether oxygens (including phenoxy) is 1. The van der Waals surface area contributed by atoms with Gasteiger partial charge in [0.05, 0.1) is 5.76 Å². The third-order valence-electron chi connectivity index (χ3n) is 2.95. The molecule has 2 N–H and O–H groups in total. The molecule has 0 saturated heterocycles. The van der Waals surface area contributed by atoms with Crippen molar-refractivity contribution in [1.82, 2.24) is 0 Å². The maximum atomic E-state index is 11.5. The molecule has 0 amide bonds. The van der Waals surface area contributed by atoms with Crippen LogP contribution in [0.3, 0.4) is 0 Å². The smallest absolute Gasteiger partial charge is 0.335 e. The summed E-state index contributed by atoms with van der Waals surface area (Å²) in [6.07, 6.45) is 6.01. The second-order valence-electron chi connectivity index (χ2n) is 4.52. The van der Waals surface area contributed by atoms with Crippen LogP contribution in [0.25, 0.3) is 0 Å². The number of aliphatic hydroxyl groups excluding tert-OH is 2. The predicted molar refractivity (Wildman–Crippen MR) is 64.6 cm³/mol. The average Bonchev–Trinajstić information content (AvgIpc) is 2.30. The minimum Gasteiger partial charge on any atom is -0.513 e. The lowest BCUT2D eigenvalue weighted by Gasteiger charge is -2.23. The van der Waals surface area contributed by atoms with Crippen LogP contribution in [0, 0.1) is 0 Å². The van der Waals surface area contributed by atoms with Crippen LogP contribution in [0.4, 0.5) is 0 Å². The summed E-state index contributed by atoms with van der Waals surface area (Å²) in [6.45, 7) is 1.88. The standard InChI is InChI=1S/C13H22O4/c1-2-6-10(14)9-12(15)13(16)17-11-7-4-3-5-8-11/h6,11-12,14-15H,2-5,7-9H2,1H3/b10-6-. The molecule has 0 bridgehead atoms. The van der Waals surface area contributed by atoms with Crippen LogP contribution in [-0.2, 0) is 9.53 Å². The summed E-state index contributed by atoms with van der Waals surface area (Å²) in [6, 6.07) is 0.